The average molecular weight is 326 g/mol. The van der Waals surface area contributed by atoms with Gasteiger partial charge >= 0.3 is 6.18 Å². The number of nitrogen functional groups attached to an aromatic ring is 1. The Kier molecular flexibility index (Phi) is 3.52. The molecule has 0 saturated carbocycles. The molecule has 122 valence electrons. The van der Waals surface area contributed by atoms with Crippen molar-refractivity contribution >= 4 is 11.7 Å². The first-order chi connectivity index (χ1) is 10.8. The number of hydrogen-bond donors (Lipinski definition) is 2. The summed E-state index contributed by atoms with van der Waals surface area (Å²) in [5.74, 6) is -0.685. The van der Waals surface area contributed by atoms with Crippen LogP contribution in [0.1, 0.15) is 10.4 Å². The molecule has 3 N–H and O–H groups in total. The molecule has 1 unspecified atom stereocenters. The number of nitrogens with two attached hydrogens (primary N) is 1. The number of para-hydroxylation sites is 1. The van der Waals surface area contributed by atoms with Crippen LogP contribution in [0.15, 0.2) is 36.5 Å². The SMILES string of the molecule is Nc1c(C(=O)NCC2(C(F)(F)F)CO2)cnn1-c1ccccc1. The van der Waals surface area contributed by atoms with Crippen LogP contribution in [-0.2, 0) is 4.74 Å². The van der Waals surface area contributed by atoms with Crippen molar-refractivity contribution in [3.8, 4) is 5.69 Å². The third-order valence-electron chi connectivity index (χ3n) is 3.60. The van der Waals surface area contributed by atoms with Crippen LogP contribution in [0, 0.1) is 0 Å². The van der Waals surface area contributed by atoms with Gasteiger partial charge in [-0.15, -0.1) is 0 Å². The molecule has 1 aliphatic rings. The van der Waals surface area contributed by atoms with Crippen LogP contribution in [0.25, 0.3) is 5.69 Å². The van der Waals surface area contributed by atoms with Crippen molar-refractivity contribution in [3.63, 3.8) is 0 Å². The van der Waals surface area contributed by atoms with Crippen LogP contribution in [0.2, 0.25) is 0 Å². The minimum absolute atomic E-state index is 0.00632. The van der Waals surface area contributed by atoms with Crippen molar-refractivity contribution in [2.24, 2.45) is 0 Å². The van der Waals surface area contributed by atoms with Gasteiger partial charge in [-0.1, -0.05) is 18.2 Å². The summed E-state index contributed by atoms with van der Waals surface area (Å²) >= 11 is 0. The predicted molar refractivity (Wildman–Crippen MR) is 75.0 cm³/mol. The fraction of sp³-hybridized carbons (Fsp3) is 0.286. The molecule has 0 aliphatic carbocycles. The minimum Gasteiger partial charge on any atom is -0.383 e. The Hall–Kier alpha value is -2.55. The van der Waals surface area contributed by atoms with Gasteiger partial charge in [-0.05, 0) is 12.1 Å². The van der Waals surface area contributed by atoms with Gasteiger partial charge in [0.05, 0.1) is 25.0 Å². The van der Waals surface area contributed by atoms with Gasteiger partial charge in [-0.3, -0.25) is 4.79 Å². The lowest BCUT2D eigenvalue weighted by molar-refractivity contribution is -0.181. The molecule has 3 rings (SSSR count). The van der Waals surface area contributed by atoms with Gasteiger partial charge in [0.2, 0.25) is 5.60 Å². The highest BCUT2D eigenvalue weighted by atomic mass is 19.4. The predicted octanol–water partition coefficient (Wildman–Crippen LogP) is 1.52. The van der Waals surface area contributed by atoms with E-state index < -0.39 is 30.8 Å². The van der Waals surface area contributed by atoms with Gasteiger partial charge in [0.25, 0.3) is 5.91 Å². The number of amides is 1. The monoisotopic (exact) mass is 326 g/mol. The number of epoxide rings is 1. The lowest BCUT2D eigenvalue weighted by atomic mass is 10.1. The molecule has 0 radical (unpaired) electrons. The van der Waals surface area contributed by atoms with Crippen molar-refractivity contribution in [2.45, 2.75) is 11.8 Å². The maximum atomic E-state index is 12.7. The van der Waals surface area contributed by atoms with E-state index in [0.29, 0.717) is 5.69 Å². The van der Waals surface area contributed by atoms with Crippen LogP contribution < -0.4 is 11.1 Å². The average Bonchev–Trinajstić information content (AvgIpc) is 3.23. The number of hydrogen-bond acceptors (Lipinski definition) is 4. The second kappa shape index (κ2) is 5.27. The highest BCUT2D eigenvalue weighted by molar-refractivity contribution is 5.98. The Morgan fingerprint density at radius 3 is 2.61 bits per heavy atom. The van der Waals surface area contributed by atoms with Crippen molar-refractivity contribution in [3.05, 3.63) is 42.1 Å². The van der Waals surface area contributed by atoms with Gasteiger partial charge in [-0.2, -0.15) is 18.3 Å². The third-order valence-corrected chi connectivity index (χ3v) is 3.60. The molecule has 1 saturated heterocycles. The molecule has 1 amide bonds. The standard InChI is InChI=1S/C14H13F3N4O2/c15-14(16,17)13(8-23-13)7-19-12(22)10-6-20-21(11(10)18)9-4-2-1-3-5-9/h1-6H,7-8,18H2,(H,19,22). The van der Waals surface area contributed by atoms with E-state index in [1.807, 2.05) is 6.07 Å². The number of benzene rings is 1. The van der Waals surface area contributed by atoms with Crippen molar-refractivity contribution in [1.29, 1.82) is 0 Å². The van der Waals surface area contributed by atoms with Gasteiger partial charge in [0, 0.05) is 0 Å². The largest absolute Gasteiger partial charge is 0.421 e. The maximum absolute atomic E-state index is 12.7. The second-order valence-electron chi connectivity index (χ2n) is 5.15. The van der Waals surface area contributed by atoms with E-state index in [1.54, 1.807) is 24.3 Å². The molecule has 2 heterocycles. The Morgan fingerprint density at radius 2 is 2.04 bits per heavy atom. The Balaban J connectivity index is 1.73. The fourth-order valence-corrected chi connectivity index (χ4v) is 2.08. The van der Waals surface area contributed by atoms with Crippen molar-refractivity contribution < 1.29 is 22.7 Å². The molecule has 0 bridgehead atoms. The number of nitrogens with one attached hydrogen (secondary N) is 1. The molecule has 1 aliphatic heterocycles. The first-order valence-corrected chi connectivity index (χ1v) is 6.72. The normalized spacial score (nSPS) is 20.3. The molecule has 0 spiro atoms. The van der Waals surface area contributed by atoms with E-state index in [1.165, 1.54) is 10.9 Å². The maximum Gasteiger partial charge on any atom is 0.421 e. The number of halogens is 3. The van der Waals surface area contributed by atoms with E-state index in [-0.39, 0.29) is 11.4 Å². The third kappa shape index (κ3) is 2.74. The zero-order chi connectivity index (χ0) is 16.7. The summed E-state index contributed by atoms with van der Waals surface area (Å²) in [7, 11) is 0. The number of carbonyl (C=O) groups excluding carboxylic acids is 1. The first-order valence-electron chi connectivity index (χ1n) is 6.72. The number of alkyl halides is 3. The summed E-state index contributed by atoms with van der Waals surface area (Å²) in [4.78, 5) is 12.0. The first kappa shape index (κ1) is 15.3. The highest BCUT2D eigenvalue weighted by Gasteiger charge is 2.65. The zero-order valence-electron chi connectivity index (χ0n) is 11.8. The summed E-state index contributed by atoms with van der Waals surface area (Å²) < 4.78 is 44.0. The van der Waals surface area contributed by atoms with Crippen LogP contribution >= 0.6 is 0 Å². The highest BCUT2D eigenvalue weighted by Crippen LogP contribution is 2.43. The van der Waals surface area contributed by atoms with Gasteiger partial charge in [0.15, 0.2) is 0 Å². The van der Waals surface area contributed by atoms with E-state index in [0.717, 1.165) is 0 Å². The summed E-state index contributed by atoms with van der Waals surface area (Å²) in [5, 5.41) is 6.19. The molecular weight excluding hydrogens is 313 g/mol. The molecule has 1 aromatic carbocycles. The van der Waals surface area contributed by atoms with E-state index in [2.05, 4.69) is 15.2 Å². The number of aromatic nitrogens is 2. The fourth-order valence-electron chi connectivity index (χ4n) is 2.08. The van der Waals surface area contributed by atoms with Gasteiger partial charge in [-0.25, -0.2) is 4.68 Å². The van der Waals surface area contributed by atoms with E-state index in [4.69, 9.17) is 5.73 Å². The lowest BCUT2D eigenvalue weighted by Gasteiger charge is -2.16. The molecule has 1 aromatic heterocycles. The molecule has 23 heavy (non-hydrogen) atoms. The smallest absolute Gasteiger partial charge is 0.383 e. The topological polar surface area (TPSA) is 85.5 Å². The second-order valence-corrected chi connectivity index (χ2v) is 5.15. The molecule has 6 nitrogen and oxygen atoms in total. The summed E-state index contributed by atoms with van der Waals surface area (Å²) in [6.07, 6.45) is -3.31. The van der Waals surface area contributed by atoms with Crippen molar-refractivity contribution in [2.75, 3.05) is 18.9 Å². The zero-order valence-corrected chi connectivity index (χ0v) is 11.8. The minimum atomic E-state index is -4.53. The molecule has 2 aromatic rings. The van der Waals surface area contributed by atoms with Gasteiger partial charge in [0.1, 0.15) is 11.4 Å². The van der Waals surface area contributed by atoms with Crippen LogP contribution in [0.4, 0.5) is 19.0 Å². The Morgan fingerprint density at radius 1 is 1.39 bits per heavy atom. The lowest BCUT2D eigenvalue weighted by Crippen LogP contribution is -2.44. The van der Waals surface area contributed by atoms with Crippen LogP contribution in [-0.4, -0.2) is 40.6 Å². The molecule has 1 atom stereocenters. The van der Waals surface area contributed by atoms with Gasteiger partial charge < -0.3 is 15.8 Å². The number of ether oxygens (including phenoxy) is 1. The van der Waals surface area contributed by atoms with Crippen molar-refractivity contribution in [1.82, 2.24) is 15.1 Å². The Labute approximate surface area is 129 Å². The van der Waals surface area contributed by atoms with Crippen LogP contribution in [0.5, 0.6) is 0 Å². The number of rotatable bonds is 4. The molecular formula is C14H13F3N4O2. The number of carbonyl (C=O) groups is 1. The quantitative estimate of drug-likeness (QED) is 0.834. The summed E-state index contributed by atoms with van der Waals surface area (Å²) in [5.41, 5.74) is 4.22. The number of nitrogens with zero attached hydrogens (tertiary/aromatic N) is 2. The molecule has 9 heteroatoms. The van der Waals surface area contributed by atoms with E-state index >= 15 is 0 Å². The molecule has 1 fully saturated rings. The van der Waals surface area contributed by atoms with Crippen LogP contribution in [0.3, 0.4) is 0 Å². The van der Waals surface area contributed by atoms with E-state index in [9.17, 15) is 18.0 Å². The summed E-state index contributed by atoms with van der Waals surface area (Å²) in [6.45, 7) is -1.12. The summed E-state index contributed by atoms with van der Waals surface area (Å²) in [6, 6.07) is 8.83. The number of anilines is 1. The Bertz CT molecular complexity index is 723.